The highest BCUT2D eigenvalue weighted by Gasteiger charge is 2.48. The first-order valence-corrected chi connectivity index (χ1v) is 10.9. The van der Waals surface area contributed by atoms with Crippen molar-refractivity contribution in [2.45, 2.75) is 46.1 Å². The monoisotopic (exact) mass is 457 g/mol. The molecule has 1 aliphatic heterocycles. The SMILES string of the molecule is COC(=O)[C@@H]1C(=O)C2=C(C[C@H]1C)NC(C)=C(C(=O)OC(C)C)[C@H]2c1cc(OC)ccc1OC. The molecule has 8 heteroatoms. The minimum absolute atomic E-state index is 0.263. The third-order valence-corrected chi connectivity index (χ3v) is 6.05. The summed E-state index contributed by atoms with van der Waals surface area (Å²) in [6, 6.07) is 5.21. The average Bonchev–Trinajstić information content (AvgIpc) is 2.76. The third-order valence-electron chi connectivity index (χ3n) is 6.05. The lowest BCUT2D eigenvalue weighted by atomic mass is 9.69. The molecule has 2 aliphatic rings. The molecule has 178 valence electrons. The minimum atomic E-state index is -0.963. The molecule has 0 aromatic heterocycles. The highest BCUT2D eigenvalue weighted by molar-refractivity contribution is 6.12. The van der Waals surface area contributed by atoms with Gasteiger partial charge < -0.3 is 24.3 Å². The molecule has 0 saturated heterocycles. The number of esters is 2. The van der Waals surface area contributed by atoms with Crippen molar-refractivity contribution < 1.29 is 33.3 Å². The summed E-state index contributed by atoms with van der Waals surface area (Å²) in [5, 5.41) is 3.24. The predicted octanol–water partition coefficient (Wildman–Crippen LogP) is 3.27. The van der Waals surface area contributed by atoms with Gasteiger partial charge >= 0.3 is 11.9 Å². The van der Waals surface area contributed by atoms with E-state index in [4.69, 9.17) is 18.9 Å². The molecule has 3 rings (SSSR count). The van der Waals surface area contributed by atoms with Crippen LogP contribution in [-0.4, -0.2) is 45.2 Å². The Kier molecular flexibility index (Phi) is 7.15. The highest BCUT2D eigenvalue weighted by atomic mass is 16.5. The summed E-state index contributed by atoms with van der Waals surface area (Å²) in [6.45, 7) is 7.14. The van der Waals surface area contributed by atoms with Crippen molar-refractivity contribution in [2.24, 2.45) is 11.8 Å². The van der Waals surface area contributed by atoms with Crippen molar-refractivity contribution in [1.29, 1.82) is 0 Å². The van der Waals surface area contributed by atoms with Gasteiger partial charge in [-0.3, -0.25) is 9.59 Å². The first-order valence-electron chi connectivity index (χ1n) is 10.9. The fraction of sp³-hybridized carbons (Fsp3) is 0.480. The Bertz CT molecular complexity index is 1040. The van der Waals surface area contributed by atoms with Crippen LogP contribution in [0, 0.1) is 11.8 Å². The smallest absolute Gasteiger partial charge is 0.337 e. The molecule has 1 aromatic carbocycles. The Hall–Kier alpha value is -3.29. The number of rotatable bonds is 6. The number of ketones is 1. The molecule has 0 bridgehead atoms. The molecule has 0 radical (unpaired) electrons. The van der Waals surface area contributed by atoms with Crippen LogP contribution in [0.3, 0.4) is 0 Å². The number of carbonyl (C=O) groups excluding carboxylic acids is 3. The van der Waals surface area contributed by atoms with E-state index in [1.54, 1.807) is 39.0 Å². The fourth-order valence-corrected chi connectivity index (χ4v) is 4.60. The molecule has 33 heavy (non-hydrogen) atoms. The zero-order valence-electron chi connectivity index (χ0n) is 20.1. The number of Topliss-reactive ketones (excluding diaryl/α,β-unsaturated/α-hetero) is 1. The Morgan fingerprint density at radius 3 is 2.39 bits per heavy atom. The number of allylic oxidation sites excluding steroid dienone is 3. The molecular formula is C25H31NO7. The van der Waals surface area contributed by atoms with Crippen molar-refractivity contribution in [3.63, 3.8) is 0 Å². The molecule has 3 atom stereocenters. The van der Waals surface area contributed by atoms with Crippen LogP contribution in [0.25, 0.3) is 0 Å². The van der Waals surface area contributed by atoms with Crippen LogP contribution < -0.4 is 14.8 Å². The number of nitrogens with one attached hydrogen (secondary N) is 1. The summed E-state index contributed by atoms with van der Waals surface area (Å²) < 4.78 is 21.5. The second-order valence-electron chi connectivity index (χ2n) is 8.60. The Labute approximate surface area is 193 Å². The van der Waals surface area contributed by atoms with Gasteiger partial charge in [-0.25, -0.2) is 4.79 Å². The van der Waals surface area contributed by atoms with Crippen molar-refractivity contribution in [3.8, 4) is 11.5 Å². The number of benzene rings is 1. The Balaban J connectivity index is 2.28. The van der Waals surface area contributed by atoms with Gasteiger partial charge in [0.15, 0.2) is 5.78 Å². The number of ether oxygens (including phenoxy) is 4. The number of hydrogen-bond donors (Lipinski definition) is 1. The van der Waals surface area contributed by atoms with Gasteiger partial charge in [0, 0.05) is 22.5 Å². The topological polar surface area (TPSA) is 100 Å². The van der Waals surface area contributed by atoms with E-state index < -0.39 is 23.8 Å². The van der Waals surface area contributed by atoms with E-state index in [1.165, 1.54) is 21.3 Å². The average molecular weight is 458 g/mol. The van der Waals surface area contributed by atoms with Gasteiger partial charge in [0.1, 0.15) is 17.4 Å². The summed E-state index contributed by atoms with van der Waals surface area (Å²) in [6.07, 6.45) is 0.0962. The van der Waals surface area contributed by atoms with E-state index in [-0.39, 0.29) is 17.8 Å². The van der Waals surface area contributed by atoms with Gasteiger partial charge in [-0.15, -0.1) is 0 Å². The number of dihydropyridines is 1. The van der Waals surface area contributed by atoms with E-state index in [2.05, 4.69) is 5.32 Å². The zero-order chi connectivity index (χ0) is 24.4. The van der Waals surface area contributed by atoms with Gasteiger partial charge in [0.25, 0.3) is 0 Å². The van der Waals surface area contributed by atoms with Crippen LogP contribution in [0.1, 0.15) is 45.6 Å². The van der Waals surface area contributed by atoms with Gasteiger partial charge in [-0.1, -0.05) is 6.92 Å². The zero-order valence-corrected chi connectivity index (χ0v) is 20.1. The molecule has 0 saturated carbocycles. The first kappa shape index (κ1) is 24.4. The van der Waals surface area contributed by atoms with Crippen molar-refractivity contribution in [3.05, 3.63) is 46.3 Å². The van der Waals surface area contributed by atoms with Crippen LogP contribution >= 0.6 is 0 Å². The molecule has 0 amide bonds. The lowest BCUT2D eigenvalue weighted by molar-refractivity contribution is -0.151. The van der Waals surface area contributed by atoms with Crippen molar-refractivity contribution in [2.75, 3.05) is 21.3 Å². The Morgan fingerprint density at radius 1 is 1.12 bits per heavy atom. The summed E-state index contributed by atoms with van der Waals surface area (Å²) >= 11 is 0. The van der Waals surface area contributed by atoms with Gasteiger partial charge in [-0.2, -0.15) is 0 Å². The molecular weight excluding hydrogens is 426 g/mol. The standard InChI is InChI=1S/C25H31NO7/c1-12(2)33-25(29)20-14(4)26-17-10-13(3)19(24(28)32-7)23(27)22(17)21(20)16-11-15(30-5)8-9-18(16)31-6/h8-9,11-13,19,21,26H,10H2,1-7H3/t13-,19+,21-/m1/s1. The maximum Gasteiger partial charge on any atom is 0.337 e. The summed E-state index contributed by atoms with van der Waals surface area (Å²) in [4.78, 5) is 39.5. The molecule has 0 fully saturated rings. The maximum absolute atomic E-state index is 13.8. The van der Waals surface area contributed by atoms with Crippen molar-refractivity contribution >= 4 is 17.7 Å². The van der Waals surface area contributed by atoms with E-state index >= 15 is 0 Å². The van der Waals surface area contributed by atoms with Crippen LogP contribution in [0.15, 0.2) is 40.7 Å². The van der Waals surface area contributed by atoms with Crippen LogP contribution in [0.4, 0.5) is 0 Å². The lowest BCUT2D eigenvalue weighted by Crippen LogP contribution is -2.43. The van der Waals surface area contributed by atoms with Gasteiger partial charge in [0.05, 0.1) is 38.9 Å². The van der Waals surface area contributed by atoms with Crippen molar-refractivity contribution in [1.82, 2.24) is 5.32 Å². The van der Waals surface area contributed by atoms with Crippen LogP contribution in [-0.2, 0) is 23.9 Å². The minimum Gasteiger partial charge on any atom is -0.497 e. The van der Waals surface area contributed by atoms with Crippen LogP contribution in [0.5, 0.6) is 11.5 Å². The predicted molar refractivity (Wildman–Crippen MR) is 121 cm³/mol. The second kappa shape index (κ2) is 9.68. The summed E-state index contributed by atoms with van der Waals surface area (Å²) in [5.41, 5.74) is 2.48. The largest absolute Gasteiger partial charge is 0.497 e. The normalized spacial score (nSPS) is 22.5. The molecule has 1 aromatic rings. The van der Waals surface area contributed by atoms with E-state index in [0.717, 1.165) is 0 Å². The Morgan fingerprint density at radius 2 is 1.82 bits per heavy atom. The van der Waals surface area contributed by atoms with Crippen LogP contribution in [0.2, 0.25) is 0 Å². The lowest BCUT2D eigenvalue weighted by Gasteiger charge is -2.38. The van der Waals surface area contributed by atoms with Gasteiger partial charge in [0.2, 0.25) is 0 Å². The van der Waals surface area contributed by atoms with E-state index in [9.17, 15) is 14.4 Å². The first-order chi connectivity index (χ1) is 15.6. The number of hydrogen-bond acceptors (Lipinski definition) is 8. The van der Waals surface area contributed by atoms with E-state index in [1.807, 2.05) is 6.92 Å². The molecule has 1 N–H and O–H groups in total. The fourth-order valence-electron chi connectivity index (χ4n) is 4.60. The highest BCUT2D eigenvalue weighted by Crippen LogP contribution is 2.48. The molecule has 0 spiro atoms. The molecule has 8 nitrogen and oxygen atoms in total. The maximum atomic E-state index is 13.8. The van der Waals surface area contributed by atoms with E-state index in [0.29, 0.717) is 46.0 Å². The number of methoxy groups -OCH3 is 3. The van der Waals surface area contributed by atoms with Gasteiger partial charge in [-0.05, 0) is 51.3 Å². The molecule has 1 heterocycles. The second-order valence-corrected chi connectivity index (χ2v) is 8.60. The summed E-state index contributed by atoms with van der Waals surface area (Å²) in [7, 11) is 4.32. The third kappa shape index (κ3) is 4.47. The number of carbonyl (C=O) groups is 3. The molecule has 0 unspecified atom stereocenters. The quantitative estimate of drug-likeness (QED) is 0.513. The molecule has 1 aliphatic carbocycles. The summed E-state index contributed by atoms with van der Waals surface area (Å²) in [5.74, 6) is -2.51.